The van der Waals surface area contributed by atoms with Crippen molar-refractivity contribution in [3.05, 3.63) is 65.5 Å². The van der Waals surface area contributed by atoms with Crippen molar-refractivity contribution in [2.45, 2.75) is 32.2 Å². The van der Waals surface area contributed by atoms with Crippen LogP contribution in [-0.2, 0) is 17.5 Å². The Kier molecular flexibility index (Phi) is 5.94. The fraction of sp³-hybridized carbons (Fsp3) is 0.364. The van der Waals surface area contributed by atoms with Gasteiger partial charge in [0, 0.05) is 38.0 Å². The molecule has 0 radical (unpaired) electrons. The summed E-state index contributed by atoms with van der Waals surface area (Å²) < 4.78 is 63.9. The van der Waals surface area contributed by atoms with Crippen LogP contribution in [0.5, 0.6) is 11.5 Å². The number of nitrogens with zero attached hydrogens (tertiary/aromatic N) is 4. The van der Waals surface area contributed by atoms with Crippen molar-refractivity contribution in [2.24, 2.45) is 4.99 Å². The number of fused-ring (bicyclic) bond motifs is 1. The number of ether oxygens (including phenoxy) is 2. The summed E-state index contributed by atoms with van der Waals surface area (Å²) in [5.74, 6) is 0.438. The lowest BCUT2D eigenvalue weighted by molar-refractivity contribution is -0.141. The van der Waals surface area contributed by atoms with E-state index in [1.165, 1.54) is 18.2 Å². The van der Waals surface area contributed by atoms with E-state index in [-0.39, 0.29) is 18.1 Å². The summed E-state index contributed by atoms with van der Waals surface area (Å²) >= 11 is 0. The lowest BCUT2D eigenvalue weighted by Gasteiger charge is -2.43. The van der Waals surface area contributed by atoms with Crippen molar-refractivity contribution in [1.29, 1.82) is 0 Å². The molecule has 2 aromatic rings. The van der Waals surface area contributed by atoms with Crippen LogP contribution in [0.2, 0.25) is 0 Å². The van der Waals surface area contributed by atoms with E-state index in [2.05, 4.69) is 26.7 Å². The molecule has 170 valence electrons. The molecule has 10 heteroatoms. The topological polar surface area (TPSA) is 50.2 Å². The predicted octanol–water partition coefficient (Wildman–Crippen LogP) is 4.79. The number of aromatic nitrogens is 1. The standard InChI is InChI=1S/C22H22F4N4O2/c1-14-6-8-30-13-28-20(11-21(30)29(14)2)31-12-15-3-4-18(17(23)9-15)32-16-5-7-27-19(10-16)22(24,25)26/h3-5,7,9-11,14H,6,8,12-13H2,1-2H3/t14-/m1/s1. The van der Waals surface area contributed by atoms with Gasteiger partial charge < -0.3 is 19.3 Å². The van der Waals surface area contributed by atoms with Crippen molar-refractivity contribution in [2.75, 3.05) is 20.3 Å². The molecule has 1 aromatic heterocycles. The molecule has 0 aliphatic carbocycles. The normalized spacial score (nSPS) is 18.6. The Morgan fingerprint density at radius 1 is 1.19 bits per heavy atom. The molecule has 0 unspecified atom stereocenters. The van der Waals surface area contributed by atoms with Gasteiger partial charge in [-0.2, -0.15) is 13.2 Å². The largest absolute Gasteiger partial charge is 0.473 e. The Balaban J connectivity index is 1.40. The highest BCUT2D eigenvalue weighted by molar-refractivity contribution is 5.88. The first-order chi connectivity index (χ1) is 15.2. The minimum atomic E-state index is -4.61. The highest BCUT2D eigenvalue weighted by Crippen LogP contribution is 2.32. The predicted molar refractivity (Wildman–Crippen MR) is 109 cm³/mol. The molecule has 0 amide bonds. The zero-order valence-electron chi connectivity index (χ0n) is 17.6. The van der Waals surface area contributed by atoms with E-state index in [9.17, 15) is 17.6 Å². The summed E-state index contributed by atoms with van der Waals surface area (Å²) in [4.78, 5) is 12.0. The number of hydrogen-bond donors (Lipinski definition) is 0. The highest BCUT2D eigenvalue weighted by atomic mass is 19.4. The molecule has 0 N–H and O–H groups in total. The van der Waals surface area contributed by atoms with Crippen molar-refractivity contribution < 1.29 is 27.0 Å². The van der Waals surface area contributed by atoms with E-state index in [1.807, 2.05) is 13.1 Å². The van der Waals surface area contributed by atoms with Crippen molar-refractivity contribution in [3.63, 3.8) is 0 Å². The van der Waals surface area contributed by atoms with E-state index in [1.54, 1.807) is 6.07 Å². The van der Waals surface area contributed by atoms with Crippen LogP contribution in [0.25, 0.3) is 0 Å². The van der Waals surface area contributed by atoms with Crippen LogP contribution in [0.1, 0.15) is 24.6 Å². The molecule has 1 fully saturated rings. The lowest BCUT2D eigenvalue weighted by Crippen LogP contribution is -2.47. The van der Waals surface area contributed by atoms with Crippen LogP contribution in [0.3, 0.4) is 0 Å². The number of hydrogen-bond acceptors (Lipinski definition) is 6. The number of benzene rings is 1. The van der Waals surface area contributed by atoms with Crippen molar-refractivity contribution in [1.82, 2.24) is 14.8 Å². The maximum atomic E-state index is 14.5. The molecule has 4 rings (SSSR count). The Hall–Kier alpha value is -3.30. The second-order valence-electron chi connectivity index (χ2n) is 7.68. The van der Waals surface area contributed by atoms with Gasteiger partial charge in [0.05, 0.1) is 0 Å². The molecule has 3 heterocycles. The second kappa shape index (κ2) is 8.68. The highest BCUT2D eigenvalue weighted by Gasteiger charge is 2.33. The molecule has 6 nitrogen and oxygen atoms in total. The van der Waals surface area contributed by atoms with Crippen molar-refractivity contribution in [3.8, 4) is 11.5 Å². The van der Waals surface area contributed by atoms with E-state index >= 15 is 0 Å². The molecule has 1 aromatic carbocycles. The summed E-state index contributed by atoms with van der Waals surface area (Å²) in [6, 6.07) is 6.53. The molecule has 0 spiro atoms. The average Bonchev–Trinajstić information content (AvgIpc) is 2.76. The molecular weight excluding hydrogens is 428 g/mol. The molecule has 2 aliphatic heterocycles. The van der Waals surface area contributed by atoms with Crippen LogP contribution in [0, 0.1) is 5.82 Å². The van der Waals surface area contributed by atoms with Gasteiger partial charge in [0.15, 0.2) is 11.6 Å². The fourth-order valence-corrected chi connectivity index (χ4v) is 3.47. The third-order valence-corrected chi connectivity index (χ3v) is 5.45. The maximum Gasteiger partial charge on any atom is 0.433 e. The summed E-state index contributed by atoms with van der Waals surface area (Å²) in [7, 11) is 2.03. The van der Waals surface area contributed by atoms with Gasteiger partial charge >= 0.3 is 6.18 Å². The van der Waals surface area contributed by atoms with E-state index in [4.69, 9.17) is 9.47 Å². The van der Waals surface area contributed by atoms with Crippen molar-refractivity contribution >= 4 is 5.90 Å². The van der Waals surface area contributed by atoms with Gasteiger partial charge in [-0.25, -0.2) is 9.38 Å². The van der Waals surface area contributed by atoms with Gasteiger partial charge in [-0.05, 0) is 37.1 Å². The summed E-state index contributed by atoms with van der Waals surface area (Å²) in [6.45, 7) is 3.69. The number of pyridine rings is 1. The minimum absolute atomic E-state index is 0.0898. The van der Waals surface area contributed by atoms with Crippen LogP contribution in [0.15, 0.2) is 53.4 Å². The third kappa shape index (κ3) is 4.79. The Morgan fingerprint density at radius 3 is 2.75 bits per heavy atom. The van der Waals surface area contributed by atoms with Crippen LogP contribution < -0.4 is 4.74 Å². The zero-order valence-corrected chi connectivity index (χ0v) is 17.6. The summed E-state index contributed by atoms with van der Waals surface area (Å²) in [6.07, 6.45) is -0.722. The first-order valence-electron chi connectivity index (χ1n) is 10.1. The Morgan fingerprint density at radius 2 is 2.00 bits per heavy atom. The van der Waals surface area contributed by atoms with E-state index < -0.39 is 17.7 Å². The van der Waals surface area contributed by atoms with Gasteiger partial charge in [-0.1, -0.05) is 6.07 Å². The third-order valence-electron chi connectivity index (χ3n) is 5.45. The SMILES string of the molecule is C[C@@H]1CCN2CN=C(OCc3ccc(Oc4ccnc(C(F)(F)F)c4)c(F)c3)C=C2N1C. The van der Waals surface area contributed by atoms with Crippen LogP contribution in [0.4, 0.5) is 17.6 Å². The zero-order chi connectivity index (χ0) is 22.9. The molecular formula is C22H22F4N4O2. The summed E-state index contributed by atoms with van der Waals surface area (Å²) in [5.41, 5.74) is -0.575. The average molecular weight is 450 g/mol. The monoisotopic (exact) mass is 450 g/mol. The van der Waals surface area contributed by atoms with Gasteiger partial charge in [0.2, 0.25) is 5.90 Å². The molecule has 1 atom stereocenters. The first-order valence-corrected chi connectivity index (χ1v) is 10.1. The smallest absolute Gasteiger partial charge is 0.433 e. The van der Waals surface area contributed by atoms with Gasteiger partial charge in [0.1, 0.15) is 30.5 Å². The Bertz CT molecular complexity index is 1050. The van der Waals surface area contributed by atoms with Crippen LogP contribution >= 0.6 is 0 Å². The van der Waals surface area contributed by atoms with E-state index in [0.29, 0.717) is 24.2 Å². The lowest BCUT2D eigenvalue weighted by atomic mass is 10.1. The van der Waals surface area contributed by atoms with Gasteiger partial charge in [-0.15, -0.1) is 0 Å². The minimum Gasteiger partial charge on any atom is -0.473 e. The maximum absolute atomic E-state index is 14.5. The first kappa shape index (κ1) is 21.9. The molecule has 0 saturated carbocycles. The molecule has 32 heavy (non-hydrogen) atoms. The molecule has 1 saturated heterocycles. The van der Waals surface area contributed by atoms with Gasteiger partial charge in [-0.3, -0.25) is 4.98 Å². The quantitative estimate of drug-likeness (QED) is 0.628. The number of halogens is 4. The van der Waals surface area contributed by atoms with E-state index in [0.717, 1.165) is 31.0 Å². The fourth-order valence-electron chi connectivity index (χ4n) is 3.47. The molecule has 2 aliphatic rings. The van der Waals surface area contributed by atoms with Crippen LogP contribution in [-0.4, -0.2) is 47.0 Å². The van der Waals surface area contributed by atoms with Gasteiger partial charge in [0.25, 0.3) is 0 Å². The molecule has 0 bridgehead atoms. The Labute approximate surface area is 182 Å². The second-order valence-corrected chi connectivity index (χ2v) is 7.68. The number of aliphatic imine (C=N–C) groups is 1. The number of alkyl halides is 3. The number of rotatable bonds is 4. The summed E-state index contributed by atoms with van der Waals surface area (Å²) in [5, 5.41) is 0.